The molecule has 0 saturated heterocycles. The molecule has 0 aliphatic heterocycles. The van der Waals surface area contributed by atoms with Crippen molar-refractivity contribution in [2.75, 3.05) is 27.9 Å². The summed E-state index contributed by atoms with van der Waals surface area (Å²) in [4.78, 5) is 16.7. The molecule has 6 nitrogen and oxygen atoms in total. The largest absolute Gasteiger partial charge is 0.493 e. The van der Waals surface area contributed by atoms with E-state index in [2.05, 4.69) is 10.3 Å². The third-order valence-electron chi connectivity index (χ3n) is 3.22. The van der Waals surface area contributed by atoms with Crippen LogP contribution in [-0.4, -0.2) is 38.8 Å². The average molecular weight is 336 g/mol. The molecule has 0 aliphatic rings. The van der Waals surface area contributed by atoms with Gasteiger partial charge in [0.2, 0.25) is 5.75 Å². The fraction of sp³-hybridized carbons (Fsp3) is 0.375. The Morgan fingerprint density at radius 1 is 1.17 bits per heavy atom. The van der Waals surface area contributed by atoms with E-state index in [0.29, 0.717) is 35.8 Å². The zero-order valence-corrected chi connectivity index (χ0v) is 14.5. The molecular formula is C16H20N2O4S. The highest BCUT2D eigenvalue weighted by atomic mass is 32.1. The number of thiazole rings is 1. The molecule has 0 aliphatic carbocycles. The summed E-state index contributed by atoms with van der Waals surface area (Å²) in [5.41, 5.74) is 1.45. The van der Waals surface area contributed by atoms with Crippen molar-refractivity contribution >= 4 is 17.2 Å². The highest BCUT2D eigenvalue weighted by Gasteiger charge is 2.16. The number of rotatable bonds is 7. The van der Waals surface area contributed by atoms with Crippen LogP contribution in [0, 0.1) is 6.92 Å². The van der Waals surface area contributed by atoms with Gasteiger partial charge in [0.15, 0.2) is 11.5 Å². The lowest BCUT2D eigenvalue weighted by atomic mass is 10.1. The Morgan fingerprint density at radius 2 is 1.83 bits per heavy atom. The maximum absolute atomic E-state index is 12.3. The summed E-state index contributed by atoms with van der Waals surface area (Å²) in [6, 6.07) is 3.26. The fourth-order valence-corrected chi connectivity index (χ4v) is 2.89. The zero-order valence-electron chi connectivity index (χ0n) is 13.6. The Hall–Kier alpha value is -2.28. The topological polar surface area (TPSA) is 69.7 Å². The summed E-state index contributed by atoms with van der Waals surface area (Å²) in [6.45, 7) is 2.47. The van der Waals surface area contributed by atoms with Crippen LogP contribution in [0.4, 0.5) is 0 Å². The molecule has 0 saturated carbocycles. The Labute approximate surface area is 139 Å². The van der Waals surface area contributed by atoms with Gasteiger partial charge in [0, 0.05) is 29.6 Å². The van der Waals surface area contributed by atoms with Crippen LogP contribution in [0.3, 0.4) is 0 Å². The lowest BCUT2D eigenvalue weighted by molar-refractivity contribution is 0.0953. The fourth-order valence-electron chi connectivity index (χ4n) is 2.11. The number of amides is 1. The highest BCUT2D eigenvalue weighted by molar-refractivity contribution is 7.09. The van der Waals surface area contributed by atoms with Gasteiger partial charge in [0.1, 0.15) is 0 Å². The molecule has 2 aromatic rings. The summed E-state index contributed by atoms with van der Waals surface area (Å²) in [5, 5.41) is 5.88. The first-order valence-corrected chi connectivity index (χ1v) is 7.96. The van der Waals surface area contributed by atoms with E-state index in [1.54, 1.807) is 23.5 Å². The van der Waals surface area contributed by atoms with E-state index >= 15 is 0 Å². The number of methoxy groups -OCH3 is 3. The van der Waals surface area contributed by atoms with Crippen LogP contribution in [0.15, 0.2) is 17.5 Å². The summed E-state index contributed by atoms with van der Waals surface area (Å²) in [6.07, 6.45) is 0.703. The number of carbonyl (C=O) groups is 1. The zero-order chi connectivity index (χ0) is 16.8. The van der Waals surface area contributed by atoms with E-state index in [9.17, 15) is 4.79 Å². The molecule has 0 bridgehead atoms. The highest BCUT2D eigenvalue weighted by Crippen LogP contribution is 2.38. The number of hydrogen-bond donors (Lipinski definition) is 1. The summed E-state index contributed by atoms with van der Waals surface area (Å²) in [7, 11) is 4.56. The van der Waals surface area contributed by atoms with E-state index in [-0.39, 0.29) is 5.91 Å². The predicted octanol–water partition coefficient (Wildman–Crippen LogP) is 2.45. The lowest BCUT2D eigenvalue weighted by Crippen LogP contribution is -2.25. The third-order valence-corrected chi connectivity index (χ3v) is 4.24. The van der Waals surface area contributed by atoms with Gasteiger partial charge in [-0.1, -0.05) is 0 Å². The van der Waals surface area contributed by atoms with E-state index in [4.69, 9.17) is 14.2 Å². The van der Waals surface area contributed by atoms with Crippen LogP contribution in [-0.2, 0) is 6.42 Å². The Balaban J connectivity index is 2.06. The molecule has 1 amide bonds. The molecule has 124 valence electrons. The van der Waals surface area contributed by atoms with E-state index in [1.807, 2.05) is 12.3 Å². The molecule has 23 heavy (non-hydrogen) atoms. The maximum Gasteiger partial charge on any atom is 0.251 e. The summed E-state index contributed by atoms with van der Waals surface area (Å²) >= 11 is 1.60. The second-order valence-electron chi connectivity index (χ2n) is 4.80. The van der Waals surface area contributed by atoms with Gasteiger partial charge < -0.3 is 19.5 Å². The number of hydrogen-bond acceptors (Lipinski definition) is 6. The quantitative estimate of drug-likeness (QED) is 0.841. The van der Waals surface area contributed by atoms with Crippen molar-refractivity contribution < 1.29 is 19.0 Å². The molecule has 0 radical (unpaired) electrons. The van der Waals surface area contributed by atoms with Crippen molar-refractivity contribution in [1.29, 1.82) is 0 Å². The van der Waals surface area contributed by atoms with Crippen LogP contribution in [0.1, 0.15) is 21.1 Å². The Morgan fingerprint density at radius 3 is 2.30 bits per heavy atom. The molecule has 0 fully saturated rings. The molecule has 1 heterocycles. The second kappa shape index (κ2) is 7.82. The van der Waals surface area contributed by atoms with Crippen LogP contribution in [0.2, 0.25) is 0 Å². The maximum atomic E-state index is 12.3. The Kier molecular flexibility index (Phi) is 5.81. The normalized spacial score (nSPS) is 10.3. The van der Waals surface area contributed by atoms with Gasteiger partial charge in [0.05, 0.1) is 26.3 Å². The number of ether oxygens (including phenoxy) is 3. The molecule has 1 aromatic heterocycles. The van der Waals surface area contributed by atoms with Crippen LogP contribution >= 0.6 is 11.3 Å². The number of benzene rings is 1. The summed E-state index contributed by atoms with van der Waals surface area (Å²) < 4.78 is 15.8. The van der Waals surface area contributed by atoms with E-state index < -0.39 is 0 Å². The molecule has 0 unspecified atom stereocenters. The standard InChI is InChI=1S/C16H20N2O4S/c1-10-9-23-14(18-10)5-6-17-16(19)11-7-12(20-2)15(22-4)13(8-11)21-3/h7-9H,5-6H2,1-4H3,(H,17,19). The van der Waals surface area contributed by atoms with Crippen molar-refractivity contribution in [2.24, 2.45) is 0 Å². The second-order valence-corrected chi connectivity index (χ2v) is 5.75. The van der Waals surface area contributed by atoms with E-state index in [0.717, 1.165) is 10.7 Å². The van der Waals surface area contributed by atoms with Crippen molar-refractivity contribution in [3.8, 4) is 17.2 Å². The number of nitrogens with one attached hydrogen (secondary N) is 1. The Bertz CT molecular complexity index is 659. The van der Waals surface area contributed by atoms with Gasteiger partial charge in [-0.05, 0) is 19.1 Å². The lowest BCUT2D eigenvalue weighted by Gasteiger charge is -2.14. The first-order chi connectivity index (χ1) is 11.1. The monoisotopic (exact) mass is 336 g/mol. The molecule has 2 rings (SSSR count). The third kappa shape index (κ3) is 4.13. The molecule has 7 heteroatoms. The van der Waals surface area contributed by atoms with Gasteiger partial charge in [-0.25, -0.2) is 4.98 Å². The van der Waals surface area contributed by atoms with Gasteiger partial charge in [-0.15, -0.1) is 11.3 Å². The number of aryl methyl sites for hydroxylation is 1. The molecular weight excluding hydrogens is 316 g/mol. The van der Waals surface area contributed by atoms with Gasteiger partial charge in [-0.3, -0.25) is 4.79 Å². The molecule has 0 atom stereocenters. The first kappa shape index (κ1) is 17.1. The molecule has 0 spiro atoms. The van der Waals surface area contributed by atoms with Crippen LogP contribution in [0.5, 0.6) is 17.2 Å². The van der Waals surface area contributed by atoms with Gasteiger partial charge >= 0.3 is 0 Å². The van der Waals surface area contributed by atoms with Crippen molar-refractivity contribution in [3.05, 3.63) is 33.8 Å². The smallest absolute Gasteiger partial charge is 0.251 e. The van der Waals surface area contributed by atoms with Crippen LogP contribution < -0.4 is 19.5 Å². The molecule has 1 N–H and O–H groups in total. The molecule has 1 aromatic carbocycles. The number of nitrogens with zero attached hydrogens (tertiary/aromatic N) is 1. The summed E-state index contributed by atoms with van der Waals surface area (Å²) in [5.74, 6) is 1.17. The number of carbonyl (C=O) groups excluding carboxylic acids is 1. The first-order valence-electron chi connectivity index (χ1n) is 7.08. The van der Waals surface area contributed by atoms with Crippen molar-refractivity contribution in [3.63, 3.8) is 0 Å². The predicted molar refractivity (Wildman–Crippen MR) is 89.0 cm³/mol. The number of aromatic nitrogens is 1. The van der Waals surface area contributed by atoms with Gasteiger partial charge in [0.25, 0.3) is 5.91 Å². The van der Waals surface area contributed by atoms with Crippen LogP contribution in [0.25, 0.3) is 0 Å². The van der Waals surface area contributed by atoms with Gasteiger partial charge in [-0.2, -0.15) is 0 Å². The van der Waals surface area contributed by atoms with E-state index in [1.165, 1.54) is 21.3 Å². The minimum atomic E-state index is -0.197. The van der Waals surface area contributed by atoms with Crippen molar-refractivity contribution in [1.82, 2.24) is 10.3 Å². The minimum Gasteiger partial charge on any atom is -0.493 e. The average Bonchev–Trinajstić information content (AvgIpc) is 2.98. The SMILES string of the molecule is COc1cc(C(=O)NCCc2nc(C)cs2)cc(OC)c1OC. The van der Waals surface area contributed by atoms with Crippen molar-refractivity contribution in [2.45, 2.75) is 13.3 Å². The minimum absolute atomic E-state index is 0.197.